The standard InChI is InChI=1S/C14H11N5O2/c20-14(21-12-4-2-1-3-5-12)18-11-6-7-13(16-8-11)19-10-15-9-17-19/h1-10H,(H,18,20). The predicted octanol–water partition coefficient (Wildman–Crippen LogP) is 2.27. The highest BCUT2D eigenvalue weighted by Gasteiger charge is 2.05. The quantitative estimate of drug-likeness (QED) is 0.796. The average molecular weight is 281 g/mol. The highest BCUT2D eigenvalue weighted by Crippen LogP contribution is 2.12. The molecule has 0 spiro atoms. The number of para-hydroxylation sites is 1. The summed E-state index contributed by atoms with van der Waals surface area (Å²) >= 11 is 0. The van der Waals surface area contributed by atoms with Gasteiger partial charge in [-0.2, -0.15) is 5.10 Å². The molecule has 0 saturated carbocycles. The number of rotatable bonds is 3. The van der Waals surface area contributed by atoms with Crippen molar-refractivity contribution in [2.75, 3.05) is 5.32 Å². The lowest BCUT2D eigenvalue weighted by molar-refractivity contribution is 0.215. The molecule has 0 atom stereocenters. The van der Waals surface area contributed by atoms with E-state index in [4.69, 9.17) is 4.74 Å². The molecule has 0 fully saturated rings. The second kappa shape index (κ2) is 5.83. The number of nitrogens with one attached hydrogen (secondary N) is 1. The summed E-state index contributed by atoms with van der Waals surface area (Å²) in [6, 6.07) is 12.2. The molecule has 1 amide bonds. The number of pyridine rings is 1. The summed E-state index contributed by atoms with van der Waals surface area (Å²) in [6.07, 6.45) is 3.91. The fourth-order valence-corrected chi connectivity index (χ4v) is 1.66. The Hall–Kier alpha value is -3.22. The van der Waals surface area contributed by atoms with Gasteiger partial charge in [0.2, 0.25) is 0 Å². The van der Waals surface area contributed by atoms with Crippen molar-refractivity contribution in [3.05, 3.63) is 61.3 Å². The zero-order valence-corrected chi connectivity index (χ0v) is 10.9. The van der Waals surface area contributed by atoms with Gasteiger partial charge < -0.3 is 4.74 Å². The summed E-state index contributed by atoms with van der Waals surface area (Å²) < 4.78 is 6.64. The zero-order valence-electron chi connectivity index (χ0n) is 10.9. The maximum atomic E-state index is 11.7. The van der Waals surface area contributed by atoms with E-state index in [9.17, 15) is 4.79 Å². The molecule has 7 heteroatoms. The molecule has 104 valence electrons. The van der Waals surface area contributed by atoms with E-state index < -0.39 is 6.09 Å². The number of hydrogen-bond acceptors (Lipinski definition) is 5. The highest BCUT2D eigenvalue weighted by molar-refractivity contribution is 5.86. The topological polar surface area (TPSA) is 81.9 Å². The van der Waals surface area contributed by atoms with Crippen LogP contribution < -0.4 is 10.1 Å². The third kappa shape index (κ3) is 3.21. The van der Waals surface area contributed by atoms with Crippen molar-refractivity contribution >= 4 is 11.8 Å². The summed E-state index contributed by atoms with van der Waals surface area (Å²) in [7, 11) is 0. The minimum absolute atomic E-state index is 0.474. The molecule has 0 unspecified atom stereocenters. The lowest BCUT2D eigenvalue weighted by Gasteiger charge is -2.06. The second-order valence-corrected chi connectivity index (χ2v) is 4.07. The second-order valence-electron chi connectivity index (χ2n) is 4.07. The number of ether oxygens (including phenoxy) is 1. The molecule has 0 radical (unpaired) electrons. The van der Waals surface area contributed by atoms with E-state index in [1.165, 1.54) is 17.2 Å². The minimum atomic E-state index is -0.573. The van der Waals surface area contributed by atoms with E-state index in [-0.39, 0.29) is 0 Å². The Morgan fingerprint density at radius 1 is 1.14 bits per heavy atom. The summed E-state index contributed by atoms with van der Waals surface area (Å²) in [5.41, 5.74) is 0.528. The number of nitrogens with zero attached hydrogens (tertiary/aromatic N) is 4. The third-order valence-electron chi connectivity index (χ3n) is 2.60. The molecule has 1 N–H and O–H groups in total. The van der Waals surface area contributed by atoms with Crippen LogP contribution in [0, 0.1) is 0 Å². The van der Waals surface area contributed by atoms with Crippen LogP contribution in [0.15, 0.2) is 61.3 Å². The molecular weight excluding hydrogens is 270 g/mol. The SMILES string of the molecule is O=C(Nc1ccc(-n2cncn2)nc1)Oc1ccccc1. The first-order valence-electron chi connectivity index (χ1n) is 6.16. The lowest BCUT2D eigenvalue weighted by Crippen LogP contribution is -2.16. The molecule has 7 nitrogen and oxygen atoms in total. The first-order valence-corrected chi connectivity index (χ1v) is 6.16. The number of aromatic nitrogens is 4. The van der Waals surface area contributed by atoms with Crippen LogP contribution in [0.3, 0.4) is 0 Å². The van der Waals surface area contributed by atoms with E-state index in [0.29, 0.717) is 17.3 Å². The van der Waals surface area contributed by atoms with Gasteiger partial charge >= 0.3 is 6.09 Å². The van der Waals surface area contributed by atoms with Crippen LogP contribution in [0.1, 0.15) is 0 Å². The van der Waals surface area contributed by atoms with Crippen molar-refractivity contribution in [2.24, 2.45) is 0 Å². The van der Waals surface area contributed by atoms with Crippen molar-refractivity contribution in [3.63, 3.8) is 0 Å². The van der Waals surface area contributed by atoms with Gasteiger partial charge in [0.15, 0.2) is 5.82 Å². The van der Waals surface area contributed by atoms with Crippen LogP contribution in [0.4, 0.5) is 10.5 Å². The first-order chi connectivity index (χ1) is 10.3. The summed E-state index contributed by atoms with van der Waals surface area (Å²) in [5, 5.41) is 6.56. The zero-order chi connectivity index (χ0) is 14.5. The summed E-state index contributed by atoms with van der Waals surface area (Å²) in [4.78, 5) is 19.7. The van der Waals surface area contributed by atoms with E-state index >= 15 is 0 Å². The van der Waals surface area contributed by atoms with E-state index in [1.807, 2.05) is 6.07 Å². The molecule has 0 bridgehead atoms. The molecule has 0 aliphatic rings. The molecule has 0 aliphatic heterocycles. The van der Waals surface area contributed by atoms with Crippen LogP contribution in [-0.2, 0) is 0 Å². The van der Waals surface area contributed by atoms with E-state index in [2.05, 4.69) is 20.4 Å². The molecule has 2 aromatic heterocycles. The Kier molecular flexibility index (Phi) is 3.55. The molecule has 0 aliphatic carbocycles. The number of carbonyl (C=O) groups is 1. The summed E-state index contributed by atoms with van der Waals surface area (Å²) in [6.45, 7) is 0. The van der Waals surface area contributed by atoms with Gasteiger partial charge in [0, 0.05) is 0 Å². The normalized spacial score (nSPS) is 10.1. The maximum Gasteiger partial charge on any atom is 0.417 e. The van der Waals surface area contributed by atoms with Gasteiger partial charge in [0.25, 0.3) is 0 Å². The Morgan fingerprint density at radius 2 is 2.00 bits per heavy atom. The number of anilines is 1. The van der Waals surface area contributed by atoms with Crippen molar-refractivity contribution in [1.29, 1.82) is 0 Å². The van der Waals surface area contributed by atoms with Crippen LogP contribution in [0.2, 0.25) is 0 Å². The largest absolute Gasteiger partial charge is 0.417 e. The highest BCUT2D eigenvalue weighted by atomic mass is 16.6. The van der Waals surface area contributed by atoms with Crippen molar-refractivity contribution in [1.82, 2.24) is 19.7 Å². The van der Waals surface area contributed by atoms with Crippen LogP contribution >= 0.6 is 0 Å². The smallest absolute Gasteiger partial charge is 0.410 e. The predicted molar refractivity (Wildman–Crippen MR) is 75.2 cm³/mol. The molecule has 21 heavy (non-hydrogen) atoms. The number of hydrogen-bond donors (Lipinski definition) is 1. The third-order valence-corrected chi connectivity index (χ3v) is 2.60. The number of amides is 1. The lowest BCUT2D eigenvalue weighted by atomic mass is 10.3. The van der Waals surface area contributed by atoms with Crippen molar-refractivity contribution in [2.45, 2.75) is 0 Å². The number of benzene rings is 1. The first kappa shape index (κ1) is 12.8. The van der Waals surface area contributed by atoms with E-state index in [0.717, 1.165) is 0 Å². The van der Waals surface area contributed by atoms with E-state index in [1.54, 1.807) is 42.7 Å². The Morgan fingerprint density at radius 3 is 2.67 bits per heavy atom. The summed E-state index contributed by atoms with van der Waals surface area (Å²) in [5.74, 6) is 1.08. The Balaban J connectivity index is 1.64. The monoisotopic (exact) mass is 281 g/mol. The van der Waals surface area contributed by atoms with Gasteiger partial charge in [0.1, 0.15) is 18.4 Å². The number of carbonyl (C=O) groups excluding carboxylic acids is 1. The van der Waals surface area contributed by atoms with Gasteiger partial charge in [-0.3, -0.25) is 5.32 Å². The molecular formula is C14H11N5O2. The van der Waals surface area contributed by atoms with Gasteiger partial charge in [-0.15, -0.1) is 0 Å². The van der Waals surface area contributed by atoms with Gasteiger partial charge in [-0.1, -0.05) is 18.2 Å². The molecule has 3 aromatic rings. The van der Waals surface area contributed by atoms with Gasteiger partial charge in [-0.25, -0.2) is 19.4 Å². The molecule has 3 rings (SSSR count). The van der Waals surface area contributed by atoms with Crippen LogP contribution in [-0.4, -0.2) is 25.8 Å². The molecule has 1 aromatic carbocycles. The maximum absolute atomic E-state index is 11.7. The van der Waals surface area contributed by atoms with Gasteiger partial charge in [-0.05, 0) is 24.3 Å². The molecule has 2 heterocycles. The van der Waals surface area contributed by atoms with Crippen LogP contribution in [0.5, 0.6) is 5.75 Å². The van der Waals surface area contributed by atoms with Crippen molar-refractivity contribution in [3.8, 4) is 11.6 Å². The fourth-order valence-electron chi connectivity index (χ4n) is 1.66. The fraction of sp³-hybridized carbons (Fsp3) is 0. The molecule has 0 saturated heterocycles. The Bertz CT molecular complexity index is 711. The van der Waals surface area contributed by atoms with Crippen LogP contribution in [0.25, 0.3) is 5.82 Å². The van der Waals surface area contributed by atoms with Crippen molar-refractivity contribution < 1.29 is 9.53 Å². The van der Waals surface area contributed by atoms with Gasteiger partial charge in [0.05, 0.1) is 11.9 Å². The Labute approximate surface area is 120 Å². The minimum Gasteiger partial charge on any atom is -0.410 e. The average Bonchev–Trinajstić information content (AvgIpc) is 3.03.